The fourth-order valence-corrected chi connectivity index (χ4v) is 4.32. The Hall–Kier alpha value is -2.25. The number of nitriles is 1. The molecule has 122 valence electrons. The Bertz CT molecular complexity index is 785. The number of amides is 1. The minimum Gasteiger partial charge on any atom is -0.368 e. The van der Waals surface area contributed by atoms with E-state index in [2.05, 4.69) is 16.3 Å². The van der Waals surface area contributed by atoms with Crippen molar-refractivity contribution in [2.75, 3.05) is 6.54 Å². The minimum atomic E-state index is -0.0681. The van der Waals surface area contributed by atoms with E-state index in [1.54, 1.807) is 6.07 Å². The maximum Gasteiger partial charge on any atom is 0.228 e. The summed E-state index contributed by atoms with van der Waals surface area (Å²) in [5, 5.41) is 12.7. The van der Waals surface area contributed by atoms with Gasteiger partial charge in [-0.1, -0.05) is 29.8 Å². The van der Waals surface area contributed by atoms with E-state index in [-0.39, 0.29) is 23.3 Å². The summed E-state index contributed by atoms with van der Waals surface area (Å²) in [5.41, 5.74) is 1.80. The highest BCUT2D eigenvalue weighted by atomic mass is 35.5. The Morgan fingerprint density at radius 3 is 2.71 bits per heavy atom. The molecule has 5 heteroatoms. The van der Waals surface area contributed by atoms with Crippen molar-refractivity contribution in [1.82, 2.24) is 10.2 Å². The van der Waals surface area contributed by atoms with Crippen LogP contribution in [0.3, 0.4) is 0 Å². The Labute approximate surface area is 146 Å². The first kappa shape index (κ1) is 15.3. The van der Waals surface area contributed by atoms with Gasteiger partial charge in [0.15, 0.2) is 0 Å². The average Bonchev–Trinajstić information content (AvgIpc) is 2.49. The van der Waals surface area contributed by atoms with Crippen LogP contribution in [0.1, 0.15) is 24.8 Å². The van der Waals surface area contributed by atoms with Crippen molar-refractivity contribution in [3.63, 3.8) is 0 Å². The van der Waals surface area contributed by atoms with E-state index in [4.69, 9.17) is 16.9 Å². The predicted molar refractivity (Wildman–Crippen MR) is 91.9 cm³/mol. The molecule has 0 unspecified atom stereocenters. The first-order valence-electron chi connectivity index (χ1n) is 8.14. The smallest absolute Gasteiger partial charge is 0.228 e. The third-order valence-corrected chi connectivity index (χ3v) is 5.75. The molecule has 3 fully saturated rings. The molecule has 1 aromatic rings. The number of carbonyl (C=O) groups excluding carboxylic acids is 1. The second kappa shape index (κ2) is 5.39. The van der Waals surface area contributed by atoms with Crippen LogP contribution in [-0.2, 0) is 11.2 Å². The van der Waals surface area contributed by atoms with Crippen molar-refractivity contribution in [1.29, 1.82) is 5.26 Å². The molecule has 1 aliphatic heterocycles. The van der Waals surface area contributed by atoms with E-state index in [0.29, 0.717) is 5.02 Å². The van der Waals surface area contributed by atoms with Crippen molar-refractivity contribution >= 4 is 17.5 Å². The lowest BCUT2D eigenvalue weighted by molar-refractivity contribution is -0.167. The zero-order valence-corrected chi connectivity index (χ0v) is 14.0. The molecule has 1 amide bonds. The van der Waals surface area contributed by atoms with E-state index >= 15 is 0 Å². The van der Waals surface area contributed by atoms with Crippen LogP contribution in [0.2, 0.25) is 5.02 Å². The third-order valence-electron chi connectivity index (χ3n) is 5.38. The van der Waals surface area contributed by atoms with Crippen LogP contribution in [0.25, 0.3) is 0 Å². The highest BCUT2D eigenvalue weighted by Gasteiger charge is 2.70. The van der Waals surface area contributed by atoms with Gasteiger partial charge >= 0.3 is 0 Å². The predicted octanol–water partition coefficient (Wildman–Crippen LogP) is 3.16. The summed E-state index contributed by atoms with van der Waals surface area (Å²) in [6.45, 7) is 0.777. The molecule has 3 aliphatic carbocycles. The Kier molecular flexibility index (Phi) is 3.43. The van der Waals surface area contributed by atoms with Gasteiger partial charge in [-0.25, -0.2) is 0 Å². The second-order valence-corrected chi connectivity index (χ2v) is 7.50. The van der Waals surface area contributed by atoms with Gasteiger partial charge in [0, 0.05) is 29.0 Å². The third kappa shape index (κ3) is 2.40. The fraction of sp³-hybridized carbons (Fsp3) is 0.368. The number of halogens is 1. The van der Waals surface area contributed by atoms with Crippen LogP contribution in [0.5, 0.6) is 0 Å². The molecule has 5 rings (SSSR count). The Balaban J connectivity index is 1.32. The van der Waals surface area contributed by atoms with E-state index in [1.165, 1.54) is 0 Å². The van der Waals surface area contributed by atoms with Crippen LogP contribution < -0.4 is 5.32 Å². The Morgan fingerprint density at radius 1 is 1.33 bits per heavy atom. The molecule has 0 saturated heterocycles. The van der Waals surface area contributed by atoms with Gasteiger partial charge in [-0.15, -0.1) is 0 Å². The fourth-order valence-electron chi connectivity index (χ4n) is 4.12. The van der Waals surface area contributed by atoms with Gasteiger partial charge in [0.2, 0.25) is 5.91 Å². The van der Waals surface area contributed by atoms with E-state index < -0.39 is 0 Å². The lowest BCUT2D eigenvalue weighted by Crippen LogP contribution is -2.73. The summed E-state index contributed by atoms with van der Waals surface area (Å²) in [4.78, 5) is 14.5. The van der Waals surface area contributed by atoms with Crippen molar-refractivity contribution in [2.45, 2.75) is 31.2 Å². The molecule has 1 heterocycles. The van der Waals surface area contributed by atoms with E-state index in [1.807, 2.05) is 36.6 Å². The van der Waals surface area contributed by atoms with Crippen LogP contribution >= 0.6 is 11.6 Å². The number of rotatable bonds is 4. The van der Waals surface area contributed by atoms with Crippen LogP contribution in [0.4, 0.5) is 0 Å². The number of benzene rings is 1. The lowest BCUT2D eigenvalue weighted by Gasteiger charge is -2.70. The van der Waals surface area contributed by atoms with Crippen molar-refractivity contribution in [3.05, 3.63) is 58.9 Å². The summed E-state index contributed by atoms with van der Waals surface area (Å²) in [7, 11) is 0. The summed E-state index contributed by atoms with van der Waals surface area (Å²) < 4.78 is 0. The maximum absolute atomic E-state index is 12.2. The minimum absolute atomic E-state index is 0.0407. The van der Waals surface area contributed by atoms with Crippen LogP contribution in [0.15, 0.2) is 48.3 Å². The highest BCUT2D eigenvalue weighted by Crippen LogP contribution is 2.69. The topological polar surface area (TPSA) is 56.1 Å². The molecule has 0 atom stereocenters. The molecule has 1 aromatic carbocycles. The van der Waals surface area contributed by atoms with Gasteiger partial charge < -0.3 is 10.2 Å². The zero-order valence-electron chi connectivity index (χ0n) is 13.3. The van der Waals surface area contributed by atoms with Gasteiger partial charge in [0.1, 0.15) is 0 Å². The number of nitrogens with one attached hydrogen (secondary N) is 1. The largest absolute Gasteiger partial charge is 0.368 e. The Morgan fingerprint density at radius 2 is 2.08 bits per heavy atom. The van der Waals surface area contributed by atoms with Crippen LogP contribution in [-0.4, -0.2) is 22.9 Å². The van der Waals surface area contributed by atoms with E-state index in [9.17, 15) is 4.79 Å². The average molecular weight is 340 g/mol. The molecule has 3 saturated carbocycles. The van der Waals surface area contributed by atoms with Gasteiger partial charge in [-0.05, 0) is 43.0 Å². The summed E-state index contributed by atoms with van der Waals surface area (Å²) in [5.74, 6) is -0.0681. The monoisotopic (exact) mass is 339 g/mol. The summed E-state index contributed by atoms with van der Waals surface area (Å²) in [6.07, 6.45) is 9.21. The lowest BCUT2D eigenvalue weighted by atomic mass is 9.39. The first-order chi connectivity index (χ1) is 11.5. The zero-order chi connectivity index (χ0) is 16.8. The molecular weight excluding hydrogens is 322 g/mol. The molecule has 24 heavy (non-hydrogen) atoms. The molecule has 2 bridgehead atoms. The highest BCUT2D eigenvalue weighted by molar-refractivity contribution is 6.31. The van der Waals surface area contributed by atoms with Crippen molar-refractivity contribution < 1.29 is 4.79 Å². The quantitative estimate of drug-likeness (QED) is 0.916. The molecule has 1 N–H and O–H groups in total. The van der Waals surface area contributed by atoms with Crippen molar-refractivity contribution in [3.8, 4) is 6.07 Å². The van der Waals surface area contributed by atoms with E-state index in [0.717, 1.165) is 37.1 Å². The molecule has 4 nitrogen and oxygen atoms in total. The van der Waals surface area contributed by atoms with Gasteiger partial charge in [0.25, 0.3) is 0 Å². The molecule has 0 aromatic heterocycles. The SMILES string of the molecule is N#CC12CC(N3C=CC(NC(=O)Cc4ccccc4Cl)=CC3)(C1)C2. The van der Waals surface area contributed by atoms with Gasteiger partial charge in [-0.3, -0.25) is 4.79 Å². The summed E-state index contributed by atoms with van der Waals surface area (Å²) >= 11 is 6.09. The van der Waals surface area contributed by atoms with Gasteiger partial charge in [0.05, 0.1) is 17.9 Å². The molecular formula is C19H18ClN3O. The second-order valence-electron chi connectivity index (χ2n) is 7.09. The van der Waals surface area contributed by atoms with Crippen LogP contribution in [0, 0.1) is 16.7 Å². The molecule has 0 spiro atoms. The number of carbonyl (C=O) groups is 1. The number of hydrogen-bond acceptors (Lipinski definition) is 3. The van der Waals surface area contributed by atoms with Crippen molar-refractivity contribution in [2.24, 2.45) is 5.41 Å². The molecule has 4 aliphatic rings. The number of hydrogen-bond donors (Lipinski definition) is 1. The molecule has 0 radical (unpaired) electrons. The normalized spacial score (nSPS) is 29.8. The summed E-state index contributed by atoms with van der Waals surface area (Å²) in [6, 6.07) is 9.82. The van der Waals surface area contributed by atoms with Gasteiger partial charge in [-0.2, -0.15) is 5.26 Å². The number of allylic oxidation sites excluding steroid dienone is 1. The number of nitrogens with zero attached hydrogens (tertiary/aromatic N) is 2. The first-order valence-corrected chi connectivity index (χ1v) is 8.52. The standard InChI is InChI=1S/C19H18ClN3O/c20-16-4-2-1-3-14(16)9-17(24)22-15-5-7-23(8-6-15)19-10-18(11-19,12-19)13-21/h1-7H,8-12H2,(H,22,24). The maximum atomic E-state index is 12.2.